The molecule has 0 atom stereocenters. The first-order valence-corrected chi connectivity index (χ1v) is 9.06. The summed E-state index contributed by atoms with van der Waals surface area (Å²) in [5.41, 5.74) is 3.14. The molecule has 0 aliphatic heterocycles. The van der Waals surface area contributed by atoms with Crippen LogP contribution in [-0.2, 0) is 11.2 Å². The number of halogens is 1. The summed E-state index contributed by atoms with van der Waals surface area (Å²) in [6, 6.07) is 13.1. The van der Waals surface area contributed by atoms with E-state index >= 15 is 0 Å². The van der Waals surface area contributed by atoms with Gasteiger partial charge in [-0.15, -0.1) is 10.2 Å². The molecule has 0 amide bonds. The number of nitrogens with one attached hydrogen (secondary N) is 1. The molecule has 0 aliphatic carbocycles. The minimum Gasteiger partial charge on any atom is -0.493 e. The standard InChI is InChI=1S/C18H17BrN4O3/c1-25-18(24)15-5-3-2-4-12(15)10-13-6-7-14(26-9-8-19)11-16(13)17-20-22-23-21-17/h2-7,11H,8-10H2,1H3,(H,20,21,22,23). The number of aromatic amines is 1. The fourth-order valence-corrected chi connectivity index (χ4v) is 2.79. The Morgan fingerprint density at radius 1 is 1.19 bits per heavy atom. The number of esters is 1. The van der Waals surface area contributed by atoms with Crippen molar-refractivity contribution in [2.45, 2.75) is 6.42 Å². The van der Waals surface area contributed by atoms with Gasteiger partial charge in [0.1, 0.15) is 5.75 Å². The van der Waals surface area contributed by atoms with Crippen molar-refractivity contribution in [1.29, 1.82) is 0 Å². The number of carbonyl (C=O) groups excluding carboxylic acids is 1. The number of tetrazole rings is 1. The van der Waals surface area contributed by atoms with Crippen LogP contribution in [0.3, 0.4) is 0 Å². The molecular weight excluding hydrogens is 400 g/mol. The number of rotatable bonds is 7. The van der Waals surface area contributed by atoms with Gasteiger partial charge in [0.05, 0.1) is 19.3 Å². The molecule has 8 heteroatoms. The molecule has 1 N–H and O–H groups in total. The van der Waals surface area contributed by atoms with Gasteiger partial charge in [0.25, 0.3) is 0 Å². The second-order valence-electron chi connectivity index (χ2n) is 5.42. The lowest BCUT2D eigenvalue weighted by molar-refractivity contribution is 0.0599. The molecule has 0 aliphatic rings. The van der Waals surface area contributed by atoms with Crippen LogP contribution in [0, 0.1) is 0 Å². The number of H-pyrrole nitrogens is 1. The molecule has 0 fully saturated rings. The highest BCUT2D eigenvalue weighted by Gasteiger charge is 2.16. The zero-order valence-electron chi connectivity index (χ0n) is 14.1. The number of alkyl halides is 1. The van der Waals surface area contributed by atoms with E-state index in [0.717, 1.165) is 22.0 Å². The van der Waals surface area contributed by atoms with E-state index in [1.807, 2.05) is 36.4 Å². The van der Waals surface area contributed by atoms with Crippen molar-refractivity contribution >= 4 is 21.9 Å². The van der Waals surface area contributed by atoms with Crippen LogP contribution in [0.25, 0.3) is 11.4 Å². The van der Waals surface area contributed by atoms with E-state index in [1.165, 1.54) is 7.11 Å². The zero-order chi connectivity index (χ0) is 18.4. The topological polar surface area (TPSA) is 90.0 Å². The molecule has 1 heterocycles. The van der Waals surface area contributed by atoms with Gasteiger partial charge in [0.15, 0.2) is 0 Å². The lowest BCUT2D eigenvalue weighted by Gasteiger charge is -2.12. The zero-order valence-corrected chi connectivity index (χ0v) is 15.7. The van der Waals surface area contributed by atoms with Crippen LogP contribution in [0.15, 0.2) is 42.5 Å². The monoisotopic (exact) mass is 416 g/mol. The van der Waals surface area contributed by atoms with Crippen molar-refractivity contribution in [2.24, 2.45) is 0 Å². The quantitative estimate of drug-likeness (QED) is 0.470. The van der Waals surface area contributed by atoms with E-state index in [1.54, 1.807) is 6.07 Å². The third kappa shape index (κ3) is 4.08. The predicted molar refractivity (Wildman–Crippen MR) is 99.5 cm³/mol. The summed E-state index contributed by atoms with van der Waals surface area (Å²) >= 11 is 3.34. The summed E-state index contributed by atoms with van der Waals surface area (Å²) in [6.45, 7) is 0.552. The number of hydrogen-bond donors (Lipinski definition) is 1. The summed E-state index contributed by atoms with van der Waals surface area (Å²) in [6.07, 6.45) is 0.522. The Morgan fingerprint density at radius 2 is 2.04 bits per heavy atom. The van der Waals surface area contributed by atoms with Crippen LogP contribution in [0.4, 0.5) is 0 Å². The smallest absolute Gasteiger partial charge is 0.338 e. The normalized spacial score (nSPS) is 10.5. The summed E-state index contributed by atoms with van der Waals surface area (Å²) in [5, 5.41) is 15.0. The SMILES string of the molecule is COC(=O)c1ccccc1Cc1ccc(OCCBr)cc1-c1nn[nH]n1. The molecule has 0 saturated heterocycles. The van der Waals surface area contributed by atoms with Gasteiger partial charge in [0, 0.05) is 10.9 Å². The predicted octanol–water partition coefficient (Wildman–Crippen LogP) is 3.02. The molecule has 2 aromatic carbocycles. The van der Waals surface area contributed by atoms with Crippen LogP contribution in [0.1, 0.15) is 21.5 Å². The van der Waals surface area contributed by atoms with E-state index in [4.69, 9.17) is 9.47 Å². The van der Waals surface area contributed by atoms with Crippen molar-refractivity contribution in [3.8, 4) is 17.1 Å². The van der Waals surface area contributed by atoms with Crippen LogP contribution in [-0.4, -0.2) is 45.6 Å². The van der Waals surface area contributed by atoms with E-state index < -0.39 is 0 Å². The Kier molecular flexibility index (Phi) is 5.96. The first-order chi connectivity index (χ1) is 12.7. The molecule has 0 saturated carbocycles. The lowest BCUT2D eigenvalue weighted by Crippen LogP contribution is -2.06. The molecule has 0 spiro atoms. The van der Waals surface area contributed by atoms with Crippen molar-refractivity contribution in [2.75, 3.05) is 19.0 Å². The summed E-state index contributed by atoms with van der Waals surface area (Å²) in [7, 11) is 1.37. The highest BCUT2D eigenvalue weighted by atomic mass is 79.9. The maximum absolute atomic E-state index is 12.0. The summed E-state index contributed by atoms with van der Waals surface area (Å²) < 4.78 is 10.5. The molecule has 0 unspecified atom stereocenters. The molecule has 3 rings (SSSR count). The van der Waals surface area contributed by atoms with Gasteiger partial charge >= 0.3 is 5.97 Å². The van der Waals surface area contributed by atoms with Gasteiger partial charge in [0.2, 0.25) is 5.82 Å². The number of aromatic nitrogens is 4. The molecule has 1 aromatic heterocycles. The van der Waals surface area contributed by atoms with Crippen LogP contribution >= 0.6 is 15.9 Å². The Hall–Kier alpha value is -2.74. The first-order valence-electron chi connectivity index (χ1n) is 7.94. The average molecular weight is 417 g/mol. The Morgan fingerprint density at radius 3 is 2.77 bits per heavy atom. The molecule has 0 bridgehead atoms. The molecule has 3 aromatic rings. The Labute approximate surface area is 158 Å². The maximum Gasteiger partial charge on any atom is 0.338 e. The Bertz CT molecular complexity index is 884. The highest BCUT2D eigenvalue weighted by molar-refractivity contribution is 9.09. The second-order valence-corrected chi connectivity index (χ2v) is 6.21. The van der Waals surface area contributed by atoms with E-state index in [-0.39, 0.29) is 5.97 Å². The molecule has 26 heavy (non-hydrogen) atoms. The minimum atomic E-state index is -0.362. The highest BCUT2D eigenvalue weighted by Crippen LogP contribution is 2.28. The average Bonchev–Trinajstić information content (AvgIpc) is 3.21. The fourth-order valence-electron chi connectivity index (χ4n) is 2.63. The van der Waals surface area contributed by atoms with Crippen molar-refractivity contribution in [3.63, 3.8) is 0 Å². The van der Waals surface area contributed by atoms with Crippen LogP contribution < -0.4 is 4.74 Å². The molecular formula is C18H17BrN4O3. The molecule has 134 valence electrons. The third-order valence-electron chi connectivity index (χ3n) is 3.82. The number of ether oxygens (including phenoxy) is 2. The summed E-state index contributed by atoms with van der Waals surface area (Å²) in [4.78, 5) is 12.0. The van der Waals surface area contributed by atoms with Crippen molar-refractivity contribution in [1.82, 2.24) is 20.6 Å². The fraction of sp³-hybridized carbons (Fsp3) is 0.222. The van der Waals surface area contributed by atoms with Crippen LogP contribution in [0.5, 0.6) is 5.75 Å². The largest absolute Gasteiger partial charge is 0.493 e. The third-order valence-corrected chi connectivity index (χ3v) is 4.14. The van der Waals surface area contributed by atoms with E-state index in [2.05, 4.69) is 36.6 Å². The van der Waals surface area contributed by atoms with E-state index in [9.17, 15) is 4.79 Å². The van der Waals surface area contributed by atoms with Gasteiger partial charge in [-0.3, -0.25) is 0 Å². The van der Waals surface area contributed by atoms with Crippen molar-refractivity contribution in [3.05, 3.63) is 59.2 Å². The lowest BCUT2D eigenvalue weighted by atomic mass is 9.96. The van der Waals surface area contributed by atoms with Gasteiger partial charge in [-0.2, -0.15) is 5.21 Å². The van der Waals surface area contributed by atoms with Gasteiger partial charge in [-0.1, -0.05) is 40.2 Å². The summed E-state index contributed by atoms with van der Waals surface area (Å²) in [5.74, 6) is 0.827. The number of carbonyl (C=O) groups is 1. The van der Waals surface area contributed by atoms with Gasteiger partial charge < -0.3 is 9.47 Å². The van der Waals surface area contributed by atoms with Gasteiger partial charge in [-0.05, 0) is 41.0 Å². The Balaban J connectivity index is 1.99. The first kappa shape index (κ1) is 18.1. The van der Waals surface area contributed by atoms with Crippen LogP contribution in [0.2, 0.25) is 0 Å². The number of methoxy groups -OCH3 is 1. The number of nitrogens with zero attached hydrogens (tertiary/aromatic N) is 3. The van der Waals surface area contributed by atoms with Gasteiger partial charge in [-0.25, -0.2) is 4.79 Å². The maximum atomic E-state index is 12.0. The van der Waals surface area contributed by atoms with Crippen molar-refractivity contribution < 1.29 is 14.3 Å². The molecule has 7 nitrogen and oxygen atoms in total. The second kappa shape index (κ2) is 8.57. The van der Waals surface area contributed by atoms with E-state index in [0.29, 0.717) is 30.2 Å². The minimum absolute atomic E-state index is 0.362. The molecule has 0 radical (unpaired) electrons. The number of hydrogen-bond acceptors (Lipinski definition) is 6. The number of benzene rings is 2.